The predicted octanol–water partition coefficient (Wildman–Crippen LogP) is 6.97. The largest absolute Gasteiger partial charge is 0.538 e. The van der Waals surface area contributed by atoms with Gasteiger partial charge < -0.3 is 14.5 Å². The molecule has 0 aliphatic heterocycles. The van der Waals surface area contributed by atoms with Crippen molar-refractivity contribution in [3.63, 3.8) is 0 Å². The average Bonchev–Trinajstić information content (AvgIpc) is 3.11. The Morgan fingerprint density at radius 2 is 1.53 bits per heavy atom. The summed E-state index contributed by atoms with van der Waals surface area (Å²) in [7, 11) is -1.93. The molecule has 0 spiro atoms. The molecule has 7 heteroatoms. The minimum atomic E-state index is -1.93. The van der Waals surface area contributed by atoms with E-state index in [1.54, 1.807) is 0 Å². The smallest absolute Gasteiger partial charge is 0.407 e. The Hall–Kier alpha value is -2.67. The molecule has 3 aromatic carbocycles. The maximum atomic E-state index is 12.9. The van der Waals surface area contributed by atoms with Crippen LogP contribution >= 0.6 is 23.8 Å². The van der Waals surface area contributed by atoms with Gasteiger partial charge in [0.1, 0.15) is 12.6 Å². The fraction of sp³-hybridized carbons (Fsp3) is 0.259. The molecular weight excluding hydrogens is 482 g/mol. The zero-order valence-corrected chi connectivity index (χ0v) is 22.1. The van der Waals surface area contributed by atoms with Crippen LogP contribution in [0.2, 0.25) is 24.7 Å². The molecule has 0 bridgehead atoms. The first kappa shape index (κ1) is 24.5. The molecule has 3 aromatic rings. The lowest BCUT2D eigenvalue weighted by atomic mass is 9.98. The van der Waals surface area contributed by atoms with Crippen LogP contribution in [0.5, 0.6) is 0 Å². The molecule has 1 amide bonds. The summed E-state index contributed by atoms with van der Waals surface area (Å²) in [6, 6.07) is 23.5. The fourth-order valence-corrected chi connectivity index (χ4v) is 5.97. The van der Waals surface area contributed by atoms with E-state index in [9.17, 15) is 4.79 Å². The van der Waals surface area contributed by atoms with Gasteiger partial charge in [0.2, 0.25) is 8.32 Å². The van der Waals surface area contributed by atoms with Crippen molar-refractivity contribution in [2.75, 3.05) is 6.61 Å². The Morgan fingerprint density at radius 3 is 2.09 bits per heavy atom. The Kier molecular flexibility index (Phi) is 7.41. The normalized spacial score (nSPS) is 13.5. The minimum Gasteiger partial charge on any atom is -0.538 e. The second-order valence-corrected chi connectivity index (χ2v) is 14.7. The zero-order valence-electron chi connectivity index (χ0n) is 19.5. The summed E-state index contributed by atoms with van der Waals surface area (Å²) in [6.45, 7) is 6.43. The molecule has 0 fully saturated rings. The first-order chi connectivity index (χ1) is 16.2. The van der Waals surface area contributed by atoms with Crippen molar-refractivity contribution in [1.29, 1.82) is 0 Å². The number of ether oxygens (including phenoxy) is 1. The van der Waals surface area contributed by atoms with E-state index in [0.717, 1.165) is 5.56 Å². The number of alkyl carbamates (subject to hydrolysis) is 1. The topological polar surface area (TPSA) is 47.6 Å². The Balaban J connectivity index is 1.46. The Bertz CT molecular complexity index is 1150. The number of carbonyl (C=O) groups excluding carboxylic acids is 1. The summed E-state index contributed by atoms with van der Waals surface area (Å²) in [6.07, 6.45) is -0.0210. The molecule has 4 nitrogen and oxygen atoms in total. The molecule has 1 aliphatic carbocycles. The molecule has 1 N–H and O–H groups in total. The van der Waals surface area contributed by atoms with E-state index in [1.807, 2.05) is 48.5 Å². The van der Waals surface area contributed by atoms with Crippen LogP contribution < -0.4 is 5.32 Å². The van der Waals surface area contributed by atoms with Crippen LogP contribution in [0, 0.1) is 0 Å². The lowest BCUT2D eigenvalue weighted by molar-refractivity contribution is 0.141. The third-order valence-corrected chi connectivity index (χ3v) is 7.28. The number of halogens is 1. The number of carbonyl (C=O) groups is 1. The SMILES string of the molecule is C[Si](C)(C)OC(=S)C(Cc1ccc(Cl)cc1)NC(=O)OCC1c2ccccc2-c2ccccc21. The Morgan fingerprint density at radius 1 is 0.971 bits per heavy atom. The van der Waals surface area contributed by atoms with E-state index >= 15 is 0 Å². The van der Waals surface area contributed by atoms with Gasteiger partial charge in [-0.15, -0.1) is 0 Å². The highest BCUT2D eigenvalue weighted by Crippen LogP contribution is 2.44. The molecule has 176 valence electrons. The van der Waals surface area contributed by atoms with Crippen LogP contribution in [0.4, 0.5) is 4.79 Å². The fourth-order valence-electron chi connectivity index (χ4n) is 4.20. The first-order valence-electron chi connectivity index (χ1n) is 11.3. The van der Waals surface area contributed by atoms with E-state index in [0.29, 0.717) is 16.5 Å². The summed E-state index contributed by atoms with van der Waals surface area (Å²) < 4.78 is 11.8. The van der Waals surface area contributed by atoms with E-state index < -0.39 is 20.5 Å². The van der Waals surface area contributed by atoms with Crippen molar-refractivity contribution >= 4 is 43.3 Å². The molecule has 0 saturated carbocycles. The second kappa shape index (κ2) is 10.3. The number of hydrogen-bond donors (Lipinski definition) is 1. The van der Waals surface area contributed by atoms with E-state index in [2.05, 4.69) is 49.2 Å². The van der Waals surface area contributed by atoms with Gasteiger partial charge in [0.05, 0.1) is 0 Å². The van der Waals surface area contributed by atoms with Crippen LogP contribution in [-0.4, -0.2) is 32.1 Å². The number of hydrogen-bond acceptors (Lipinski definition) is 4. The highest BCUT2D eigenvalue weighted by Gasteiger charge is 2.30. The number of nitrogens with one attached hydrogen (secondary N) is 1. The molecule has 0 aromatic heterocycles. The highest BCUT2D eigenvalue weighted by atomic mass is 35.5. The van der Waals surface area contributed by atoms with Crippen LogP contribution in [-0.2, 0) is 15.6 Å². The van der Waals surface area contributed by atoms with E-state index in [4.69, 9.17) is 33.0 Å². The van der Waals surface area contributed by atoms with Gasteiger partial charge in [-0.1, -0.05) is 72.3 Å². The number of amides is 1. The van der Waals surface area contributed by atoms with Gasteiger partial charge in [-0.25, -0.2) is 4.79 Å². The summed E-state index contributed by atoms with van der Waals surface area (Å²) in [5, 5.41) is 3.97. The summed E-state index contributed by atoms with van der Waals surface area (Å²) in [4.78, 5) is 12.9. The van der Waals surface area contributed by atoms with Crippen LogP contribution in [0.25, 0.3) is 11.1 Å². The van der Waals surface area contributed by atoms with E-state index in [-0.39, 0.29) is 12.5 Å². The van der Waals surface area contributed by atoms with Gasteiger partial charge in [-0.3, -0.25) is 0 Å². The quantitative estimate of drug-likeness (QED) is 0.276. The number of benzene rings is 3. The van der Waals surface area contributed by atoms with Crippen molar-refractivity contribution in [3.05, 3.63) is 94.5 Å². The monoisotopic (exact) mass is 509 g/mol. The third-order valence-electron chi connectivity index (χ3n) is 5.68. The third kappa shape index (κ3) is 5.87. The molecule has 0 saturated heterocycles. The van der Waals surface area contributed by atoms with Crippen LogP contribution in [0.15, 0.2) is 72.8 Å². The molecule has 1 unspecified atom stereocenters. The van der Waals surface area contributed by atoms with Gasteiger partial charge in [0, 0.05) is 17.4 Å². The number of rotatable bonds is 7. The van der Waals surface area contributed by atoms with Gasteiger partial charge in [0.15, 0.2) is 5.05 Å². The highest BCUT2D eigenvalue weighted by molar-refractivity contribution is 7.80. The standard InChI is InChI=1S/C27H28ClNO3SSi/c1-34(2,3)32-26(33)25(16-18-12-14-19(28)15-13-18)29-27(30)31-17-24-22-10-6-4-8-20(22)21-9-5-7-11-23(21)24/h4-15,24-25H,16-17H2,1-3H3,(H,29,30). The van der Waals surface area contributed by atoms with Crippen molar-refractivity contribution in [2.24, 2.45) is 0 Å². The summed E-state index contributed by atoms with van der Waals surface area (Å²) in [5.41, 5.74) is 5.73. The maximum Gasteiger partial charge on any atom is 0.407 e. The summed E-state index contributed by atoms with van der Waals surface area (Å²) >= 11 is 11.6. The van der Waals surface area contributed by atoms with Crippen molar-refractivity contribution in [2.45, 2.75) is 38.0 Å². The minimum absolute atomic E-state index is 0.00181. The lowest BCUT2D eigenvalue weighted by Crippen LogP contribution is -2.46. The van der Waals surface area contributed by atoms with Crippen molar-refractivity contribution < 1.29 is 14.0 Å². The molecular formula is C27H28ClNO3SSi. The molecule has 1 aliphatic rings. The van der Waals surface area contributed by atoms with Crippen molar-refractivity contribution in [3.8, 4) is 11.1 Å². The first-order valence-corrected chi connectivity index (χ1v) is 15.5. The molecule has 34 heavy (non-hydrogen) atoms. The Labute approximate surface area is 212 Å². The average molecular weight is 510 g/mol. The van der Waals surface area contributed by atoms with Gasteiger partial charge in [-0.05, 0) is 71.8 Å². The molecule has 1 atom stereocenters. The van der Waals surface area contributed by atoms with E-state index in [1.165, 1.54) is 22.3 Å². The van der Waals surface area contributed by atoms with Crippen molar-refractivity contribution in [1.82, 2.24) is 5.32 Å². The van der Waals surface area contributed by atoms with Gasteiger partial charge in [-0.2, -0.15) is 0 Å². The lowest BCUT2D eigenvalue weighted by Gasteiger charge is -2.26. The summed E-state index contributed by atoms with van der Waals surface area (Å²) in [5.74, 6) is -0.00181. The molecule has 0 heterocycles. The zero-order chi connectivity index (χ0) is 24.3. The predicted molar refractivity (Wildman–Crippen MR) is 144 cm³/mol. The van der Waals surface area contributed by atoms with Gasteiger partial charge >= 0.3 is 6.09 Å². The van der Waals surface area contributed by atoms with Gasteiger partial charge in [0.25, 0.3) is 0 Å². The van der Waals surface area contributed by atoms with Crippen LogP contribution in [0.3, 0.4) is 0 Å². The number of thiocarbonyl (C=S) groups is 1. The van der Waals surface area contributed by atoms with Crippen LogP contribution in [0.1, 0.15) is 22.6 Å². The molecule has 0 radical (unpaired) electrons. The maximum absolute atomic E-state index is 12.9. The molecule has 4 rings (SSSR count). The number of fused-ring (bicyclic) bond motifs is 3. The second-order valence-electron chi connectivity index (χ2n) is 9.39.